The molecule has 1 aliphatic heterocycles. The molecule has 0 saturated carbocycles. The molecule has 3 rings (SSSR count). The fourth-order valence-electron chi connectivity index (χ4n) is 3.99. The smallest absolute Gasteiger partial charge is 0.344 e. The molecule has 2 aliphatic rings. The van der Waals surface area contributed by atoms with E-state index in [1.807, 2.05) is 0 Å². The number of hydrogen-bond donors (Lipinski definition) is 4. The first-order valence-electron chi connectivity index (χ1n) is 11.1. The van der Waals surface area contributed by atoms with Crippen molar-refractivity contribution in [2.45, 2.75) is 51.0 Å². The van der Waals surface area contributed by atoms with Gasteiger partial charge in [-0.2, -0.15) is 5.01 Å². The second kappa shape index (κ2) is 10.8. The second-order valence-corrected chi connectivity index (χ2v) is 8.03. The second-order valence-electron chi connectivity index (χ2n) is 8.03. The number of imide groups is 1. The molecule has 1 aliphatic carbocycles. The van der Waals surface area contributed by atoms with Crippen LogP contribution in [0.5, 0.6) is 0 Å². The molecule has 0 radical (unpaired) electrons. The summed E-state index contributed by atoms with van der Waals surface area (Å²) < 4.78 is 0. The summed E-state index contributed by atoms with van der Waals surface area (Å²) in [5, 5.41) is 7.96. The fourth-order valence-corrected chi connectivity index (χ4v) is 3.99. The van der Waals surface area contributed by atoms with Crippen LogP contribution in [0.2, 0.25) is 0 Å². The highest BCUT2D eigenvalue weighted by Gasteiger charge is 2.52. The third-order valence-electron chi connectivity index (χ3n) is 5.86. The molecule has 1 aromatic rings. The summed E-state index contributed by atoms with van der Waals surface area (Å²) in [6.45, 7) is 1.52. The Morgan fingerprint density at radius 1 is 1.06 bits per heavy atom. The molecule has 33 heavy (non-hydrogen) atoms. The highest BCUT2D eigenvalue weighted by Crippen LogP contribution is 2.31. The van der Waals surface area contributed by atoms with Crippen LogP contribution in [-0.4, -0.2) is 47.8 Å². The number of benzene rings is 1. The molecule has 1 saturated heterocycles. The van der Waals surface area contributed by atoms with Crippen LogP contribution < -0.4 is 21.4 Å². The van der Waals surface area contributed by atoms with Crippen LogP contribution in [0.4, 0.5) is 4.79 Å². The molecule has 176 valence electrons. The van der Waals surface area contributed by atoms with Gasteiger partial charge in [-0.05, 0) is 44.1 Å². The largest absolute Gasteiger partial charge is 0.348 e. The summed E-state index contributed by atoms with van der Waals surface area (Å²) >= 11 is 0. The lowest BCUT2D eigenvalue weighted by Crippen LogP contribution is -2.52. The van der Waals surface area contributed by atoms with Crippen molar-refractivity contribution >= 4 is 29.7 Å². The maximum absolute atomic E-state index is 13.0. The van der Waals surface area contributed by atoms with E-state index in [4.69, 9.17) is 0 Å². The average molecular weight is 456 g/mol. The summed E-state index contributed by atoms with van der Waals surface area (Å²) in [6.07, 6.45) is 7.50. The zero-order valence-electron chi connectivity index (χ0n) is 18.6. The van der Waals surface area contributed by atoms with E-state index >= 15 is 0 Å². The summed E-state index contributed by atoms with van der Waals surface area (Å²) in [7, 11) is 0. The molecule has 0 spiro atoms. The zero-order chi connectivity index (χ0) is 23.8. The van der Waals surface area contributed by atoms with Gasteiger partial charge in [0.05, 0.1) is 6.54 Å². The molecule has 0 aromatic heterocycles. The molecule has 10 heteroatoms. The third-order valence-corrected chi connectivity index (χ3v) is 5.86. The molecule has 1 atom stereocenters. The lowest BCUT2D eigenvalue weighted by molar-refractivity contribution is -0.141. The molecular weight excluding hydrogens is 426 g/mol. The molecule has 1 fully saturated rings. The van der Waals surface area contributed by atoms with Crippen LogP contribution in [-0.2, 0) is 24.7 Å². The van der Waals surface area contributed by atoms with E-state index in [0.29, 0.717) is 23.5 Å². The van der Waals surface area contributed by atoms with Gasteiger partial charge in [0.25, 0.3) is 11.8 Å². The molecule has 1 heterocycles. The van der Waals surface area contributed by atoms with Crippen molar-refractivity contribution in [3.8, 4) is 0 Å². The lowest BCUT2D eigenvalue weighted by Gasteiger charge is -2.25. The van der Waals surface area contributed by atoms with Crippen molar-refractivity contribution in [1.29, 1.82) is 0 Å². The minimum Gasteiger partial charge on any atom is -0.348 e. The zero-order valence-corrected chi connectivity index (χ0v) is 18.6. The Labute approximate surface area is 192 Å². The fraction of sp³-hybridized carbons (Fsp3) is 0.435. The SMILES string of the molecule is CC[C@]1(c2ccccc2)NC(=O)N(NC(=O)CNC(=O)C(=O)NCCC2=CCCCC2)C1=O. The Morgan fingerprint density at radius 2 is 1.79 bits per heavy atom. The highest BCUT2D eigenvalue weighted by atomic mass is 16.2. The summed E-state index contributed by atoms with van der Waals surface area (Å²) in [6, 6.07) is 7.95. The maximum Gasteiger partial charge on any atom is 0.344 e. The van der Waals surface area contributed by atoms with Crippen molar-refractivity contribution in [1.82, 2.24) is 26.4 Å². The van der Waals surface area contributed by atoms with Crippen molar-refractivity contribution < 1.29 is 24.0 Å². The van der Waals surface area contributed by atoms with E-state index in [2.05, 4.69) is 27.5 Å². The Bertz CT molecular complexity index is 961. The number of carbonyl (C=O) groups excluding carboxylic acids is 5. The molecule has 0 unspecified atom stereocenters. The highest BCUT2D eigenvalue weighted by molar-refractivity contribution is 6.35. The standard InChI is InChI=1S/C23H29N5O5/c1-2-23(17-11-7-4-8-12-17)21(32)28(22(33)26-23)27-18(29)15-25-20(31)19(30)24-14-13-16-9-5-3-6-10-16/h4,7-9,11-12H,2-3,5-6,10,13-15H2,1H3,(H,24,30)(H,25,31)(H,26,33)(H,27,29)/t23-/m1/s1. The number of allylic oxidation sites excluding steroid dienone is 1. The number of nitrogens with zero attached hydrogens (tertiary/aromatic N) is 1. The van der Waals surface area contributed by atoms with Crippen molar-refractivity contribution in [2.24, 2.45) is 0 Å². The van der Waals surface area contributed by atoms with Crippen LogP contribution in [0, 0.1) is 0 Å². The van der Waals surface area contributed by atoms with Crippen LogP contribution in [0.15, 0.2) is 42.0 Å². The predicted molar refractivity (Wildman–Crippen MR) is 119 cm³/mol. The van der Waals surface area contributed by atoms with Gasteiger partial charge >= 0.3 is 17.8 Å². The Morgan fingerprint density at radius 3 is 2.45 bits per heavy atom. The minimum absolute atomic E-state index is 0.280. The normalized spacial score (nSPS) is 20.0. The van der Waals surface area contributed by atoms with Gasteiger partial charge in [0.1, 0.15) is 5.54 Å². The topological polar surface area (TPSA) is 137 Å². The molecule has 0 bridgehead atoms. The van der Waals surface area contributed by atoms with E-state index in [1.165, 1.54) is 12.0 Å². The quantitative estimate of drug-likeness (QED) is 0.263. The van der Waals surface area contributed by atoms with E-state index in [0.717, 1.165) is 19.3 Å². The first kappa shape index (κ1) is 24.0. The van der Waals surface area contributed by atoms with Gasteiger partial charge < -0.3 is 16.0 Å². The number of nitrogens with one attached hydrogen (secondary N) is 4. The van der Waals surface area contributed by atoms with Gasteiger partial charge in [-0.25, -0.2) is 4.79 Å². The van der Waals surface area contributed by atoms with Crippen LogP contribution in [0.3, 0.4) is 0 Å². The molecule has 6 amide bonds. The van der Waals surface area contributed by atoms with Crippen LogP contribution in [0.25, 0.3) is 0 Å². The predicted octanol–water partition coefficient (Wildman–Crippen LogP) is 0.998. The van der Waals surface area contributed by atoms with Crippen LogP contribution >= 0.6 is 0 Å². The van der Waals surface area contributed by atoms with Gasteiger partial charge in [0.2, 0.25) is 0 Å². The van der Waals surface area contributed by atoms with Gasteiger partial charge in [-0.1, -0.05) is 48.9 Å². The average Bonchev–Trinajstić information content (AvgIpc) is 3.08. The summed E-state index contributed by atoms with van der Waals surface area (Å²) in [5.74, 6) is -3.25. The van der Waals surface area contributed by atoms with Gasteiger partial charge in [-0.3, -0.25) is 24.6 Å². The van der Waals surface area contributed by atoms with Crippen molar-refractivity contribution in [3.63, 3.8) is 0 Å². The molecule has 10 nitrogen and oxygen atoms in total. The number of amides is 6. The summed E-state index contributed by atoms with van der Waals surface area (Å²) in [4.78, 5) is 61.5. The number of hydrogen-bond acceptors (Lipinski definition) is 5. The van der Waals surface area contributed by atoms with E-state index in [-0.39, 0.29) is 6.42 Å². The Hall–Kier alpha value is -3.69. The molecule has 4 N–H and O–H groups in total. The van der Waals surface area contributed by atoms with E-state index in [9.17, 15) is 24.0 Å². The third kappa shape index (κ3) is 5.57. The van der Waals surface area contributed by atoms with Gasteiger partial charge in [-0.15, -0.1) is 0 Å². The lowest BCUT2D eigenvalue weighted by atomic mass is 9.87. The molecule has 1 aromatic carbocycles. The number of carbonyl (C=O) groups is 5. The Balaban J connectivity index is 1.47. The maximum atomic E-state index is 13.0. The van der Waals surface area contributed by atoms with Crippen LogP contribution in [0.1, 0.15) is 51.0 Å². The number of hydrazine groups is 1. The first-order chi connectivity index (χ1) is 15.9. The first-order valence-corrected chi connectivity index (χ1v) is 11.1. The van der Waals surface area contributed by atoms with Gasteiger partial charge in [0.15, 0.2) is 0 Å². The van der Waals surface area contributed by atoms with E-state index in [1.54, 1.807) is 37.3 Å². The van der Waals surface area contributed by atoms with E-state index < -0.39 is 41.7 Å². The monoisotopic (exact) mass is 455 g/mol. The number of rotatable bonds is 8. The minimum atomic E-state index is -1.29. The number of urea groups is 1. The van der Waals surface area contributed by atoms with Crippen molar-refractivity contribution in [3.05, 3.63) is 47.5 Å². The van der Waals surface area contributed by atoms with Gasteiger partial charge in [0, 0.05) is 6.54 Å². The molecular formula is C23H29N5O5. The van der Waals surface area contributed by atoms with Crippen molar-refractivity contribution in [2.75, 3.05) is 13.1 Å². The Kier molecular flexibility index (Phi) is 7.81. The summed E-state index contributed by atoms with van der Waals surface area (Å²) in [5.41, 5.74) is 2.77.